The van der Waals surface area contributed by atoms with Crippen LogP contribution in [0.1, 0.15) is 27.6 Å². The van der Waals surface area contributed by atoms with Gasteiger partial charge in [-0.2, -0.15) is 13.2 Å². The maximum atomic E-state index is 13.0. The lowest BCUT2D eigenvalue weighted by atomic mass is 10.1. The number of benzene rings is 3. The zero-order valence-corrected chi connectivity index (χ0v) is 19.9. The Morgan fingerprint density at radius 3 is 2.44 bits per heavy atom. The Balaban J connectivity index is 1.64. The molecular weight excluding hydrogens is 485 g/mol. The molecule has 0 saturated carbocycles. The highest BCUT2D eigenvalue weighted by Crippen LogP contribution is 2.43. The van der Waals surface area contributed by atoms with Gasteiger partial charge in [-0.15, -0.1) is 11.8 Å². The van der Waals surface area contributed by atoms with E-state index in [0.717, 1.165) is 35.0 Å². The van der Waals surface area contributed by atoms with Crippen LogP contribution in [-0.2, 0) is 21.0 Å². The van der Waals surface area contributed by atoms with Crippen LogP contribution >= 0.6 is 11.8 Å². The Kier molecular flexibility index (Phi) is 6.39. The van der Waals surface area contributed by atoms with E-state index in [1.807, 2.05) is 32.0 Å². The number of carbonyl (C=O) groups excluding carboxylic acids is 1. The average molecular weight is 507 g/mol. The second-order valence-electron chi connectivity index (χ2n) is 7.97. The van der Waals surface area contributed by atoms with Crippen LogP contribution in [0.15, 0.2) is 71.6 Å². The number of hydrogen-bond acceptors (Lipinski definition) is 4. The topological polar surface area (TPSA) is 66.5 Å². The second kappa shape index (κ2) is 8.99. The van der Waals surface area contributed by atoms with E-state index in [9.17, 15) is 26.4 Å². The SMILES string of the molecule is Cc1ccc(N2C(=O)CSC2c2cccc(NS(=O)(=O)c3cccc(C(F)(F)F)c3)c2)c(C)c1. The van der Waals surface area contributed by atoms with Crippen LogP contribution in [0.3, 0.4) is 0 Å². The molecule has 3 aromatic rings. The average Bonchev–Trinajstić information content (AvgIpc) is 3.14. The van der Waals surface area contributed by atoms with Crippen LogP contribution in [0.5, 0.6) is 0 Å². The van der Waals surface area contributed by atoms with Crippen LogP contribution in [0.4, 0.5) is 24.5 Å². The van der Waals surface area contributed by atoms with Crippen molar-refractivity contribution in [3.8, 4) is 0 Å². The molecule has 1 N–H and O–H groups in total. The molecule has 0 aromatic heterocycles. The summed E-state index contributed by atoms with van der Waals surface area (Å²) in [5.41, 5.74) is 2.63. The van der Waals surface area contributed by atoms with Gasteiger partial charge < -0.3 is 0 Å². The molecule has 1 aliphatic rings. The zero-order valence-electron chi connectivity index (χ0n) is 18.3. The molecular formula is C24H21F3N2O3S2. The van der Waals surface area contributed by atoms with Crippen LogP contribution in [-0.4, -0.2) is 20.1 Å². The number of thioether (sulfide) groups is 1. The van der Waals surface area contributed by atoms with E-state index in [1.165, 1.54) is 17.8 Å². The first-order valence-corrected chi connectivity index (χ1v) is 12.8. The number of nitrogens with zero attached hydrogens (tertiary/aromatic N) is 1. The van der Waals surface area contributed by atoms with Gasteiger partial charge in [-0.05, 0) is 61.4 Å². The fourth-order valence-corrected chi connectivity index (χ4v) is 6.07. The first-order valence-electron chi connectivity index (χ1n) is 10.3. The molecule has 3 aromatic carbocycles. The molecule has 4 rings (SSSR count). The highest BCUT2D eigenvalue weighted by atomic mass is 32.2. The van der Waals surface area contributed by atoms with Crippen molar-refractivity contribution >= 4 is 39.1 Å². The van der Waals surface area contributed by atoms with Gasteiger partial charge in [0.05, 0.1) is 16.2 Å². The Labute approximate surface area is 200 Å². The van der Waals surface area contributed by atoms with Gasteiger partial charge in [0.25, 0.3) is 10.0 Å². The Hall–Kier alpha value is -2.98. The van der Waals surface area contributed by atoms with Gasteiger partial charge in [0.15, 0.2) is 0 Å². The second-order valence-corrected chi connectivity index (χ2v) is 10.7. The van der Waals surface area contributed by atoms with Crippen LogP contribution < -0.4 is 9.62 Å². The molecule has 1 saturated heterocycles. The van der Waals surface area contributed by atoms with Crippen molar-refractivity contribution < 1.29 is 26.4 Å². The molecule has 0 bridgehead atoms. The molecule has 5 nitrogen and oxygen atoms in total. The summed E-state index contributed by atoms with van der Waals surface area (Å²) < 4.78 is 67.0. The number of anilines is 2. The number of carbonyl (C=O) groups is 1. The van der Waals surface area contributed by atoms with Gasteiger partial charge in [0.1, 0.15) is 5.37 Å². The molecule has 178 valence electrons. The molecule has 1 atom stereocenters. The zero-order chi connectivity index (χ0) is 24.7. The van der Waals surface area contributed by atoms with Crippen molar-refractivity contribution in [2.24, 2.45) is 0 Å². The summed E-state index contributed by atoms with van der Waals surface area (Å²) in [5, 5.41) is -0.369. The third-order valence-electron chi connectivity index (χ3n) is 5.38. The number of amides is 1. The molecule has 1 heterocycles. The van der Waals surface area contributed by atoms with E-state index in [0.29, 0.717) is 11.6 Å². The number of hydrogen-bond donors (Lipinski definition) is 1. The highest BCUT2D eigenvalue weighted by Gasteiger charge is 2.35. The number of nitrogens with one attached hydrogen (secondary N) is 1. The Morgan fingerprint density at radius 1 is 1.00 bits per heavy atom. The number of aryl methyl sites for hydroxylation is 2. The quantitative estimate of drug-likeness (QED) is 0.468. The molecule has 0 radical (unpaired) electrons. The van der Waals surface area contributed by atoms with E-state index in [-0.39, 0.29) is 22.7 Å². The van der Waals surface area contributed by atoms with Gasteiger partial charge in [-0.25, -0.2) is 8.42 Å². The van der Waals surface area contributed by atoms with E-state index in [1.54, 1.807) is 23.1 Å². The predicted octanol–water partition coefficient (Wildman–Crippen LogP) is 5.90. The smallest absolute Gasteiger partial charge is 0.295 e. The van der Waals surface area contributed by atoms with E-state index < -0.39 is 26.7 Å². The van der Waals surface area contributed by atoms with Crippen LogP contribution in [0.25, 0.3) is 0 Å². The lowest BCUT2D eigenvalue weighted by Crippen LogP contribution is -2.28. The standard InChI is InChI=1S/C24H21F3N2O3S2/c1-15-9-10-21(16(2)11-15)29-22(30)14-33-23(29)17-5-3-7-19(12-17)28-34(31,32)20-8-4-6-18(13-20)24(25,26)27/h3-13,23,28H,14H2,1-2H3. The minimum atomic E-state index is -4.66. The first-order chi connectivity index (χ1) is 16.0. The molecule has 1 amide bonds. The fraction of sp³-hybridized carbons (Fsp3) is 0.208. The first kappa shape index (κ1) is 24.2. The summed E-state index contributed by atoms with van der Waals surface area (Å²) in [6.07, 6.45) is -4.66. The summed E-state index contributed by atoms with van der Waals surface area (Å²) >= 11 is 1.42. The van der Waals surface area contributed by atoms with Gasteiger partial charge in [-0.1, -0.05) is 35.9 Å². The molecule has 10 heteroatoms. The Bertz CT molecular complexity index is 1360. The number of alkyl halides is 3. The van der Waals surface area contributed by atoms with Crippen LogP contribution in [0.2, 0.25) is 0 Å². The maximum Gasteiger partial charge on any atom is 0.416 e. The number of halogens is 3. The number of sulfonamides is 1. The normalized spacial score (nSPS) is 16.7. The highest BCUT2D eigenvalue weighted by molar-refractivity contribution is 8.00. The van der Waals surface area contributed by atoms with Crippen molar-refractivity contribution in [2.75, 3.05) is 15.4 Å². The van der Waals surface area contributed by atoms with Crippen molar-refractivity contribution in [3.05, 3.63) is 89.0 Å². The van der Waals surface area contributed by atoms with Crippen molar-refractivity contribution in [2.45, 2.75) is 30.3 Å². The molecule has 1 aliphatic heterocycles. The van der Waals surface area contributed by atoms with Crippen molar-refractivity contribution in [1.82, 2.24) is 0 Å². The molecule has 34 heavy (non-hydrogen) atoms. The number of rotatable bonds is 5. The van der Waals surface area contributed by atoms with Crippen molar-refractivity contribution in [3.63, 3.8) is 0 Å². The van der Waals surface area contributed by atoms with Crippen molar-refractivity contribution in [1.29, 1.82) is 0 Å². The molecule has 0 spiro atoms. The van der Waals surface area contributed by atoms with Gasteiger partial charge in [-0.3, -0.25) is 14.4 Å². The lowest BCUT2D eigenvalue weighted by Gasteiger charge is -2.26. The summed E-state index contributed by atoms with van der Waals surface area (Å²) in [4.78, 5) is 13.9. The summed E-state index contributed by atoms with van der Waals surface area (Å²) in [6, 6.07) is 15.9. The van der Waals surface area contributed by atoms with Crippen LogP contribution in [0, 0.1) is 13.8 Å². The lowest BCUT2D eigenvalue weighted by molar-refractivity contribution is -0.137. The fourth-order valence-electron chi connectivity index (χ4n) is 3.82. The van der Waals surface area contributed by atoms with Gasteiger partial charge in [0, 0.05) is 11.4 Å². The summed E-state index contributed by atoms with van der Waals surface area (Å²) in [7, 11) is -4.26. The summed E-state index contributed by atoms with van der Waals surface area (Å²) in [5.74, 6) is 0.218. The minimum absolute atomic E-state index is 0.0584. The largest absolute Gasteiger partial charge is 0.416 e. The van der Waals surface area contributed by atoms with E-state index >= 15 is 0 Å². The molecule has 1 unspecified atom stereocenters. The van der Waals surface area contributed by atoms with E-state index in [2.05, 4.69) is 4.72 Å². The third-order valence-corrected chi connectivity index (χ3v) is 7.97. The monoisotopic (exact) mass is 506 g/mol. The summed E-state index contributed by atoms with van der Waals surface area (Å²) in [6.45, 7) is 3.89. The third kappa shape index (κ3) is 4.92. The van der Waals surface area contributed by atoms with Gasteiger partial charge >= 0.3 is 6.18 Å². The van der Waals surface area contributed by atoms with E-state index in [4.69, 9.17) is 0 Å². The minimum Gasteiger partial charge on any atom is -0.295 e. The van der Waals surface area contributed by atoms with Gasteiger partial charge in [0.2, 0.25) is 5.91 Å². The predicted molar refractivity (Wildman–Crippen MR) is 127 cm³/mol. The molecule has 0 aliphatic carbocycles. The molecule has 1 fully saturated rings. The Morgan fingerprint density at radius 2 is 1.74 bits per heavy atom. The maximum absolute atomic E-state index is 13.0.